The fraction of sp³-hybridized carbons (Fsp3) is 0.227. The van der Waals surface area contributed by atoms with Gasteiger partial charge in [0.15, 0.2) is 11.0 Å². The summed E-state index contributed by atoms with van der Waals surface area (Å²) in [5, 5.41) is 23.8. The van der Waals surface area contributed by atoms with Gasteiger partial charge in [0.05, 0.1) is 25.0 Å². The minimum atomic E-state index is -0.764. The summed E-state index contributed by atoms with van der Waals surface area (Å²) in [7, 11) is 2.97. The fourth-order valence-electron chi connectivity index (χ4n) is 2.95. The molecule has 0 unspecified atom stereocenters. The lowest BCUT2D eigenvalue weighted by atomic mass is 10.2. The number of ether oxygens (including phenoxy) is 1. The van der Waals surface area contributed by atoms with E-state index in [0.29, 0.717) is 27.8 Å². The molecule has 0 aliphatic heterocycles. The van der Waals surface area contributed by atoms with Gasteiger partial charge in [-0.25, -0.2) is 4.79 Å². The van der Waals surface area contributed by atoms with E-state index in [-0.39, 0.29) is 24.2 Å². The molecule has 1 aromatic heterocycles. The summed E-state index contributed by atoms with van der Waals surface area (Å²) in [6, 6.07) is 14.3. The van der Waals surface area contributed by atoms with Crippen LogP contribution in [0.4, 0.5) is 5.69 Å². The number of nitrogens with one attached hydrogen (secondary N) is 2. The molecule has 3 N–H and O–H groups in total. The molecule has 0 bridgehead atoms. The Hall–Kier alpha value is -3.70. The SMILES string of the molecule is COC(=O)c1cccc(NC(=O)CSc2nnc([C@@H](CO)NC(=O)c3ccccc3)n2C)c1. The summed E-state index contributed by atoms with van der Waals surface area (Å²) >= 11 is 1.14. The van der Waals surface area contributed by atoms with E-state index in [1.807, 2.05) is 0 Å². The van der Waals surface area contributed by atoms with Crippen molar-refractivity contribution < 1.29 is 24.2 Å². The number of anilines is 1. The molecule has 33 heavy (non-hydrogen) atoms. The van der Waals surface area contributed by atoms with Gasteiger partial charge in [-0.3, -0.25) is 9.59 Å². The third kappa shape index (κ3) is 6.18. The normalized spacial score (nSPS) is 11.5. The van der Waals surface area contributed by atoms with E-state index < -0.39 is 12.0 Å². The molecule has 1 heterocycles. The second-order valence-corrected chi connectivity index (χ2v) is 7.83. The Kier molecular flexibility index (Phi) is 8.17. The number of carbonyl (C=O) groups excluding carboxylic acids is 3. The number of esters is 1. The summed E-state index contributed by atoms with van der Waals surface area (Å²) in [4.78, 5) is 36.4. The average Bonchev–Trinajstić information content (AvgIpc) is 3.21. The number of aliphatic hydroxyl groups is 1. The zero-order valence-corrected chi connectivity index (χ0v) is 18.8. The highest BCUT2D eigenvalue weighted by molar-refractivity contribution is 7.99. The molecule has 0 fully saturated rings. The molecule has 0 aliphatic rings. The van der Waals surface area contributed by atoms with E-state index in [1.54, 1.807) is 60.1 Å². The lowest BCUT2D eigenvalue weighted by molar-refractivity contribution is -0.113. The predicted molar refractivity (Wildman–Crippen MR) is 122 cm³/mol. The molecule has 11 heteroatoms. The van der Waals surface area contributed by atoms with Crippen LogP contribution in [0.25, 0.3) is 0 Å². The first-order valence-electron chi connectivity index (χ1n) is 9.90. The number of methoxy groups -OCH3 is 1. The van der Waals surface area contributed by atoms with Crippen LogP contribution in [0.15, 0.2) is 59.8 Å². The minimum Gasteiger partial charge on any atom is -0.465 e. The molecule has 3 rings (SSSR count). The highest BCUT2D eigenvalue weighted by Gasteiger charge is 2.22. The molecule has 0 aliphatic carbocycles. The van der Waals surface area contributed by atoms with Crippen molar-refractivity contribution in [2.45, 2.75) is 11.2 Å². The van der Waals surface area contributed by atoms with Gasteiger partial charge in [-0.15, -0.1) is 10.2 Å². The van der Waals surface area contributed by atoms with Crippen molar-refractivity contribution in [2.75, 3.05) is 24.8 Å². The highest BCUT2D eigenvalue weighted by atomic mass is 32.2. The van der Waals surface area contributed by atoms with Crippen molar-refractivity contribution in [1.29, 1.82) is 0 Å². The number of nitrogens with zero attached hydrogens (tertiary/aromatic N) is 3. The Morgan fingerprint density at radius 1 is 1.09 bits per heavy atom. The van der Waals surface area contributed by atoms with Gasteiger partial charge in [0, 0.05) is 18.3 Å². The van der Waals surface area contributed by atoms with E-state index in [2.05, 4.69) is 25.6 Å². The number of hydrogen-bond acceptors (Lipinski definition) is 8. The van der Waals surface area contributed by atoms with E-state index in [1.165, 1.54) is 13.2 Å². The molecule has 0 spiro atoms. The number of thioether (sulfide) groups is 1. The summed E-state index contributed by atoms with van der Waals surface area (Å²) in [5.74, 6) is -0.752. The molecular weight excluding hydrogens is 446 g/mol. The number of hydrogen-bond donors (Lipinski definition) is 3. The zero-order chi connectivity index (χ0) is 23.8. The van der Waals surface area contributed by atoms with Gasteiger partial charge in [-0.2, -0.15) is 0 Å². The number of carbonyl (C=O) groups is 3. The monoisotopic (exact) mass is 469 g/mol. The molecule has 0 radical (unpaired) electrons. The molecule has 3 aromatic rings. The number of aliphatic hydroxyl groups excluding tert-OH is 1. The number of amides is 2. The van der Waals surface area contributed by atoms with E-state index in [4.69, 9.17) is 0 Å². The maximum Gasteiger partial charge on any atom is 0.337 e. The van der Waals surface area contributed by atoms with Gasteiger partial charge in [-0.05, 0) is 30.3 Å². The van der Waals surface area contributed by atoms with Crippen molar-refractivity contribution in [3.63, 3.8) is 0 Å². The largest absolute Gasteiger partial charge is 0.465 e. The standard InChI is InChI=1S/C22H23N5O5S/c1-27-19(17(12-28)24-20(30)14-7-4-3-5-8-14)25-26-22(27)33-13-18(29)23-16-10-6-9-15(11-16)21(31)32-2/h3-11,17,28H,12-13H2,1-2H3,(H,23,29)(H,24,30)/t17-/m1/s1. The summed E-state index contributed by atoms with van der Waals surface area (Å²) < 4.78 is 6.29. The molecular formula is C22H23N5O5S. The van der Waals surface area contributed by atoms with Gasteiger partial charge < -0.3 is 25.0 Å². The van der Waals surface area contributed by atoms with Crippen LogP contribution in [0.2, 0.25) is 0 Å². The second kappa shape index (κ2) is 11.2. The van der Waals surface area contributed by atoms with Crippen LogP contribution in [-0.4, -0.2) is 57.1 Å². The smallest absolute Gasteiger partial charge is 0.337 e. The van der Waals surface area contributed by atoms with Crippen molar-refractivity contribution in [2.24, 2.45) is 7.05 Å². The zero-order valence-electron chi connectivity index (χ0n) is 18.0. The van der Waals surface area contributed by atoms with E-state index >= 15 is 0 Å². The molecule has 172 valence electrons. The van der Waals surface area contributed by atoms with Crippen molar-refractivity contribution >= 4 is 35.2 Å². The predicted octanol–water partition coefficient (Wildman–Crippen LogP) is 1.80. The van der Waals surface area contributed by atoms with Gasteiger partial charge in [0.25, 0.3) is 5.91 Å². The Morgan fingerprint density at radius 2 is 1.82 bits per heavy atom. The van der Waals surface area contributed by atoms with E-state index in [0.717, 1.165) is 11.8 Å². The lowest BCUT2D eigenvalue weighted by Gasteiger charge is -2.16. The Morgan fingerprint density at radius 3 is 2.52 bits per heavy atom. The maximum atomic E-state index is 12.4. The number of aromatic nitrogens is 3. The Balaban J connectivity index is 1.60. The van der Waals surface area contributed by atoms with E-state index in [9.17, 15) is 19.5 Å². The van der Waals surface area contributed by atoms with Crippen LogP contribution >= 0.6 is 11.8 Å². The Bertz CT molecular complexity index is 1140. The second-order valence-electron chi connectivity index (χ2n) is 6.88. The maximum absolute atomic E-state index is 12.4. The first-order chi connectivity index (χ1) is 15.9. The van der Waals surface area contributed by atoms with Crippen LogP contribution < -0.4 is 10.6 Å². The van der Waals surface area contributed by atoms with Gasteiger partial charge in [-0.1, -0.05) is 36.0 Å². The molecule has 0 saturated heterocycles. The molecule has 0 saturated carbocycles. The first kappa shape index (κ1) is 24.0. The third-order valence-electron chi connectivity index (χ3n) is 4.60. The molecule has 2 aromatic carbocycles. The minimum absolute atomic E-state index is 0.0363. The van der Waals surface area contributed by atoms with Crippen LogP contribution in [-0.2, 0) is 16.6 Å². The fourth-order valence-corrected chi connectivity index (χ4v) is 3.67. The average molecular weight is 470 g/mol. The third-order valence-corrected chi connectivity index (χ3v) is 5.62. The van der Waals surface area contributed by atoms with Crippen molar-refractivity contribution in [1.82, 2.24) is 20.1 Å². The summed E-state index contributed by atoms with van der Waals surface area (Å²) in [6.45, 7) is -0.369. The van der Waals surface area contributed by atoms with Crippen LogP contribution in [0.1, 0.15) is 32.6 Å². The van der Waals surface area contributed by atoms with Crippen LogP contribution in [0, 0.1) is 0 Å². The van der Waals surface area contributed by atoms with Crippen LogP contribution in [0.3, 0.4) is 0 Å². The first-order valence-corrected chi connectivity index (χ1v) is 10.9. The van der Waals surface area contributed by atoms with Gasteiger partial charge >= 0.3 is 5.97 Å². The quantitative estimate of drug-likeness (QED) is 0.319. The van der Waals surface area contributed by atoms with Crippen LogP contribution in [0.5, 0.6) is 0 Å². The number of rotatable bonds is 9. The van der Waals surface area contributed by atoms with Gasteiger partial charge in [0.1, 0.15) is 6.04 Å². The summed E-state index contributed by atoms with van der Waals surface area (Å²) in [5.41, 5.74) is 1.25. The van der Waals surface area contributed by atoms with Crippen molar-refractivity contribution in [3.8, 4) is 0 Å². The Labute approximate surface area is 194 Å². The highest BCUT2D eigenvalue weighted by Crippen LogP contribution is 2.20. The van der Waals surface area contributed by atoms with Gasteiger partial charge in [0.2, 0.25) is 5.91 Å². The lowest BCUT2D eigenvalue weighted by Crippen LogP contribution is -2.32. The van der Waals surface area contributed by atoms with Crippen molar-refractivity contribution in [3.05, 3.63) is 71.5 Å². The topological polar surface area (TPSA) is 135 Å². The number of benzene rings is 2. The molecule has 2 amide bonds. The molecule has 10 nitrogen and oxygen atoms in total. The molecule has 1 atom stereocenters. The summed E-state index contributed by atoms with van der Waals surface area (Å²) in [6.07, 6.45) is 0.